The molecule has 118 valence electrons. The zero-order valence-corrected chi connectivity index (χ0v) is 12.3. The summed E-state index contributed by atoms with van der Waals surface area (Å²) in [4.78, 5) is 16.7. The van der Waals surface area contributed by atoms with Crippen LogP contribution in [0, 0.1) is 11.6 Å². The topological polar surface area (TPSA) is 86.9 Å². The first-order valence-electron chi connectivity index (χ1n) is 6.96. The van der Waals surface area contributed by atoms with Crippen molar-refractivity contribution in [2.75, 3.05) is 11.5 Å². The van der Waals surface area contributed by atoms with Crippen molar-refractivity contribution in [3.63, 3.8) is 0 Å². The number of aryl methyl sites for hydroxylation is 1. The highest BCUT2D eigenvalue weighted by atomic mass is 19.1. The van der Waals surface area contributed by atoms with Crippen molar-refractivity contribution in [1.82, 2.24) is 9.55 Å². The standard InChI is InChI=1S/C16H14F2N4O/c1-2-22-14-6-15(20)21-7-8(14)3-10(16(22)23)9-4-13(19)12(18)5-11(9)17/h3-7H,2,19H2,1H3,(H2,20,21). The number of aromatic nitrogens is 2. The monoisotopic (exact) mass is 316 g/mol. The SMILES string of the molecule is CCn1c(=O)c(-c2cc(N)c(F)cc2F)cc2cnc(N)cc21. The fraction of sp³-hybridized carbons (Fsp3) is 0.125. The van der Waals surface area contributed by atoms with Gasteiger partial charge in [0.25, 0.3) is 5.56 Å². The smallest absolute Gasteiger partial charge is 0.259 e. The van der Waals surface area contributed by atoms with Crippen LogP contribution in [0.3, 0.4) is 0 Å². The number of fused-ring (bicyclic) bond motifs is 1. The maximum atomic E-state index is 14.1. The van der Waals surface area contributed by atoms with E-state index in [0.717, 1.165) is 6.07 Å². The Labute approximate surface area is 130 Å². The van der Waals surface area contributed by atoms with Gasteiger partial charge in [-0.2, -0.15) is 0 Å². The number of nitrogen functional groups attached to an aromatic ring is 2. The van der Waals surface area contributed by atoms with E-state index in [1.807, 2.05) is 0 Å². The molecule has 0 radical (unpaired) electrons. The van der Waals surface area contributed by atoms with Crippen LogP contribution in [0.15, 0.2) is 35.3 Å². The average Bonchev–Trinajstić information content (AvgIpc) is 2.51. The molecule has 0 aliphatic rings. The average molecular weight is 316 g/mol. The maximum absolute atomic E-state index is 14.1. The van der Waals surface area contributed by atoms with Crippen LogP contribution in [0.5, 0.6) is 0 Å². The molecule has 0 aliphatic heterocycles. The van der Waals surface area contributed by atoms with Crippen LogP contribution in [-0.2, 0) is 6.54 Å². The second kappa shape index (κ2) is 5.35. The zero-order valence-electron chi connectivity index (χ0n) is 12.3. The van der Waals surface area contributed by atoms with Gasteiger partial charge in [0, 0.05) is 35.8 Å². The van der Waals surface area contributed by atoms with Gasteiger partial charge in [-0.05, 0) is 19.1 Å². The fourth-order valence-corrected chi connectivity index (χ4v) is 2.57. The summed E-state index contributed by atoms with van der Waals surface area (Å²) in [6.45, 7) is 2.15. The molecule has 0 aliphatic carbocycles. The minimum absolute atomic E-state index is 0.0465. The molecule has 0 atom stereocenters. The minimum atomic E-state index is -0.864. The Morgan fingerprint density at radius 3 is 2.52 bits per heavy atom. The van der Waals surface area contributed by atoms with Crippen molar-refractivity contribution >= 4 is 22.4 Å². The lowest BCUT2D eigenvalue weighted by Crippen LogP contribution is -2.22. The van der Waals surface area contributed by atoms with Gasteiger partial charge < -0.3 is 16.0 Å². The summed E-state index contributed by atoms with van der Waals surface area (Å²) in [5.41, 5.74) is 11.2. The molecule has 2 aromatic heterocycles. The van der Waals surface area contributed by atoms with Crippen molar-refractivity contribution < 1.29 is 8.78 Å². The molecule has 0 unspecified atom stereocenters. The lowest BCUT2D eigenvalue weighted by Gasteiger charge is -2.12. The van der Waals surface area contributed by atoms with E-state index in [1.54, 1.807) is 13.0 Å². The molecule has 0 spiro atoms. The molecule has 2 heterocycles. The molecular weight excluding hydrogens is 302 g/mol. The Hall–Kier alpha value is -2.96. The maximum Gasteiger partial charge on any atom is 0.259 e. The molecule has 0 saturated heterocycles. The Morgan fingerprint density at radius 2 is 1.83 bits per heavy atom. The molecule has 3 aromatic rings. The van der Waals surface area contributed by atoms with Gasteiger partial charge >= 0.3 is 0 Å². The number of benzene rings is 1. The molecule has 4 N–H and O–H groups in total. The number of anilines is 2. The fourth-order valence-electron chi connectivity index (χ4n) is 2.57. The Balaban J connectivity index is 2.39. The number of halogens is 2. The predicted octanol–water partition coefficient (Wildman–Crippen LogP) is 2.53. The first kappa shape index (κ1) is 15.0. The third-order valence-electron chi connectivity index (χ3n) is 3.69. The molecule has 1 aromatic carbocycles. The zero-order chi connectivity index (χ0) is 16.7. The van der Waals surface area contributed by atoms with E-state index in [2.05, 4.69) is 4.98 Å². The lowest BCUT2D eigenvalue weighted by atomic mass is 10.0. The van der Waals surface area contributed by atoms with E-state index in [0.29, 0.717) is 23.5 Å². The van der Waals surface area contributed by atoms with E-state index in [1.165, 1.54) is 16.8 Å². The Bertz CT molecular complexity index is 982. The van der Waals surface area contributed by atoms with Gasteiger partial charge in [0.1, 0.15) is 17.5 Å². The number of hydrogen-bond donors (Lipinski definition) is 2. The predicted molar refractivity (Wildman–Crippen MR) is 85.9 cm³/mol. The van der Waals surface area contributed by atoms with E-state index in [4.69, 9.17) is 11.5 Å². The molecule has 0 saturated carbocycles. The molecule has 3 rings (SSSR count). The minimum Gasteiger partial charge on any atom is -0.396 e. The highest BCUT2D eigenvalue weighted by molar-refractivity contribution is 5.85. The first-order chi connectivity index (χ1) is 10.9. The van der Waals surface area contributed by atoms with Gasteiger partial charge in [-0.1, -0.05) is 0 Å². The van der Waals surface area contributed by atoms with E-state index in [9.17, 15) is 13.6 Å². The summed E-state index contributed by atoms with van der Waals surface area (Å²) >= 11 is 0. The molecular formula is C16H14F2N4O. The highest BCUT2D eigenvalue weighted by Crippen LogP contribution is 2.27. The quantitative estimate of drug-likeness (QED) is 0.711. The summed E-state index contributed by atoms with van der Waals surface area (Å²) in [5.74, 6) is -1.43. The Kier molecular flexibility index (Phi) is 3.48. The van der Waals surface area contributed by atoms with Gasteiger partial charge in [-0.3, -0.25) is 4.79 Å². The largest absolute Gasteiger partial charge is 0.396 e. The van der Waals surface area contributed by atoms with Crippen molar-refractivity contribution in [3.05, 3.63) is 52.5 Å². The van der Waals surface area contributed by atoms with Crippen molar-refractivity contribution in [1.29, 1.82) is 0 Å². The van der Waals surface area contributed by atoms with E-state index < -0.39 is 17.2 Å². The van der Waals surface area contributed by atoms with Gasteiger partial charge in [0.05, 0.1) is 16.8 Å². The molecule has 0 fully saturated rings. The number of nitrogens with two attached hydrogens (primary N) is 2. The lowest BCUT2D eigenvalue weighted by molar-refractivity contribution is 0.588. The first-order valence-corrected chi connectivity index (χ1v) is 6.96. The number of rotatable bonds is 2. The molecule has 0 bridgehead atoms. The highest BCUT2D eigenvalue weighted by Gasteiger charge is 2.16. The summed E-state index contributed by atoms with van der Waals surface area (Å²) < 4.78 is 28.9. The van der Waals surface area contributed by atoms with Crippen LogP contribution >= 0.6 is 0 Å². The molecule has 0 amide bonds. The molecule has 5 nitrogen and oxygen atoms in total. The third-order valence-corrected chi connectivity index (χ3v) is 3.69. The molecule has 7 heteroatoms. The van der Waals surface area contributed by atoms with Crippen LogP contribution in [0.1, 0.15) is 6.92 Å². The third kappa shape index (κ3) is 2.40. The van der Waals surface area contributed by atoms with Crippen molar-refractivity contribution in [3.8, 4) is 11.1 Å². The summed E-state index contributed by atoms with van der Waals surface area (Å²) in [6, 6.07) is 4.88. The number of nitrogens with zero attached hydrogens (tertiary/aromatic N) is 2. The van der Waals surface area contributed by atoms with E-state index in [-0.39, 0.29) is 22.6 Å². The van der Waals surface area contributed by atoms with Crippen LogP contribution in [0.2, 0.25) is 0 Å². The van der Waals surface area contributed by atoms with Crippen LogP contribution in [-0.4, -0.2) is 9.55 Å². The van der Waals surface area contributed by atoms with Gasteiger partial charge in [-0.15, -0.1) is 0 Å². The van der Waals surface area contributed by atoms with Gasteiger partial charge in [0.2, 0.25) is 0 Å². The van der Waals surface area contributed by atoms with Gasteiger partial charge in [-0.25, -0.2) is 13.8 Å². The molecule has 23 heavy (non-hydrogen) atoms. The second-order valence-corrected chi connectivity index (χ2v) is 5.13. The number of hydrogen-bond acceptors (Lipinski definition) is 4. The second-order valence-electron chi connectivity index (χ2n) is 5.13. The number of pyridine rings is 2. The van der Waals surface area contributed by atoms with Gasteiger partial charge in [0.15, 0.2) is 0 Å². The van der Waals surface area contributed by atoms with Crippen molar-refractivity contribution in [2.24, 2.45) is 0 Å². The summed E-state index contributed by atoms with van der Waals surface area (Å²) in [5, 5.41) is 0.623. The van der Waals surface area contributed by atoms with E-state index >= 15 is 0 Å². The summed E-state index contributed by atoms with van der Waals surface area (Å²) in [7, 11) is 0. The Morgan fingerprint density at radius 1 is 1.09 bits per heavy atom. The van der Waals surface area contributed by atoms with Crippen molar-refractivity contribution in [2.45, 2.75) is 13.5 Å². The normalized spacial score (nSPS) is 11.1. The van der Waals surface area contributed by atoms with Crippen LogP contribution in [0.25, 0.3) is 22.0 Å². The van der Waals surface area contributed by atoms with Crippen LogP contribution in [0.4, 0.5) is 20.3 Å². The summed E-state index contributed by atoms with van der Waals surface area (Å²) in [6.07, 6.45) is 1.50. The van der Waals surface area contributed by atoms with Crippen LogP contribution < -0.4 is 17.0 Å².